The van der Waals surface area contributed by atoms with E-state index in [1.165, 1.54) is 11.3 Å². The van der Waals surface area contributed by atoms with E-state index in [4.69, 9.17) is 4.74 Å². The van der Waals surface area contributed by atoms with Crippen molar-refractivity contribution in [1.82, 2.24) is 15.1 Å². The zero-order chi connectivity index (χ0) is 19.1. The number of benzene rings is 2. The fourth-order valence-electron chi connectivity index (χ4n) is 3.62. The van der Waals surface area contributed by atoms with Crippen molar-refractivity contribution in [3.63, 3.8) is 0 Å². The molecule has 4 aromatic rings. The fraction of sp³-hybridized carbons (Fsp3) is 0.182. The molecular weight excluding hydrogens is 370 g/mol. The first-order valence-electron chi connectivity index (χ1n) is 9.28. The Bertz CT molecular complexity index is 1160. The molecule has 5 nitrogen and oxygen atoms in total. The number of rotatable bonds is 3. The van der Waals surface area contributed by atoms with Gasteiger partial charge >= 0.3 is 0 Å². The third-order valence-corrected chi connectivity index (χ3v) is 6.14. The highest BCUT2D eigenvalue weighted by molar-refractivity contribution is 7.20. The lowest BCUT2D eigenvalue weighted by molar-refractivity contribution is 0.0929. The first-order valence-corrected chi connectivity index (χ1v) is 10.1. The van der Waals surface area contributed by atoms with Crippen molar-refractivity contribution >= 4 is 27.5 Å². The molecule has 2 aromatic heterocycles. The van der Waals surface area contributed by atoms with Crippen LogP contribution in [-0.2, 0) is 0 Å². The minimum absolute atomic E-state index is 0.0330. The second-order valence-corrected chi connectivity index (χ2v) is 7.89. The summed E-state index contributed by atoms with van der Waals surface area (Å²) < 4.78 is 7.61. The smallest absolute Gasteiger partial charge is 0.261 e. The molecule has 0 spiro atoms. The van der Waals surface area contributed by atoms with Gasteiger partial charge in [0.25, 0.3) is 5.91 Å². The minimum atomic E-state index is -0.0538. The quantitative estimate of drug-likeness (QED) is 0.555. The molecule has 2 aromatic carbocycles. The molecule has 1 aliphatic rings. The lowest BCUT2D eigenvalue weighted by atomic mass is 10.0. The standard InChI is InChI=1S/C22H19N3O2S/c1-14-17-13-20(28-22(17)25(24-14)15-7-3-2-4-8-15)21(26)23-18-11-12-27-19-10-6-5-9-16(18)19/h2-10,13,18H,11-12H2,1H3,(H,23,26)/t18-/m0/s1. The number of para-hydroxylation sites is 2. The number of ether oxygens (including phenoxy) is 1. The Labute approximate surface area is 166 Å². The molecule has 140 valence electrons. The number of carbonyl (C=O) groups excluding carboxylic acids is 1. The number of fused-ring (bicyclic) bond motifs is 2. The van der Waals surface area contributed by atoms with Crippen LogP contribution >= 0.6 is 11.3 Å². The van der Waals surface area contributed by atoms with E-state index in [1.807, 2.05) is 72.3 Å². The zero-order valence-corrected chi connectivity index (χ0v) is 16.2. The summed E-state index contributed by atoms with van der Waals surface area (Å²) in [5, 5.41) is 8.85. The lowest BCUT2D eigenvalue weighted by Crippen LogP contribution is -2.31. The highest BCUT2D eigenvalue weighted by Gasteiger charge is 2.24. The molecule has 0 radical (unpaired) electrons. The Morgan fingerprint density at radius 3 is 2.82 bits per heavy atom. The largest absolute Gasteiger partial charge is 0.493 e. The van der Waals surface area contributed by atoms with Gasteiger partial charge in [-0.05, 0) is 31.2 Å². The number of nitrogens with one attached hydrogen (secondary N) is 1. The number of aryl methyl sites for hydroxylation is 1. The molecule has 0 saturated carbocycles. The Kier molecular flexibility index (Phi) is 4.13. The molecule has 5 rings (SSSR count). The monoisotopic (exact) mass is 389 g/mol. The zero-order valence-electron chi connectivity index (χ0n) is 15.4. The molecule has 6 heteroatoms. The fourth-order valence-corrected chi connectivity index (χ4v) is 4.71. The summed E-state index contributed by atoms with van der Waals surface area (Å²) in [6.07, 6.45) is 0.768. The molecule has 1 amide bonds. The van der Waals surface area contributed by atoms with Crippen LogP contribution in [0.1, 0.15) is 33.4 Å². The van der Waals surface area contributed by atoms with Gasteiger partial charge in [0.1, 0.15) is 10.6 Å². The van der Waals surface area contributed by atoms with Crippen molar-refractivity contribution in [2.75, 3.05) is 6.61 Å². The summed E-state index contributed by atoms with van der Waals surface area (Å²) in [6.45, 7) is 2.58. The predicted octanol–water partition coefficient (Wildman–Crippen LogP) is 4.65. The van der Waals surface area contributed by atoms with Crippen molar-refractivity contribution in [3.8, 4) is 11.4 Å². The van der Waals surface area contributed by atoms with Crippen LogP contribution in [0.15, 0.2) is 60.7 Å². The third-order valence-electron chi connectivity index (χ3n) is 5.03. The van der Waals surface area contributed by atoms with Crippen molar-refractivity contribution in [1.29, 1.82) is 0 Å². The van der Waals surface area contributed by atoms with Crippen LogP contribution in [0.25, 0.3) is 15.9 Å². The molecule has 0 unspecified atom stereocenters. The van der Waals surface area contributed by atoms with Crippen molar-refractivity contribution in [2.45, 2.75) is 19.4 Å². The summed E-state index contributed by atoms with van der Waals surface area (Å²) in [6, 6.07) is 19.8. The van der Waals surface area contributed by atoms with E-state index in [1.54, 1.807) is 0 Å². The van der Waals surface area contributed by atoms with E-state index in [-0.39, 0.29) is 11.9 Å². The summed E-state index contributed by atoms with van der Waals surface area (Å²) in [5.74, 6) is 0.799. The van der Waals surface area contributed by atoms with Crippen molar-refractivity contribution in [3.05, 3.63) is 76.8 Å². The van der Waals surface area contributed by atoms with Gasteiger partial charge in [-0.1, -0.05) is 36.4 Å². The van der Waals surface area contributed by atoms with Gasteiger partial charge in [-0.15, -0.1) is 11.3 Å². The van der Waals surface area contributed by atoms with Crippen LogP contribution < -0.4 is 10.1 Å². The normalized spacial score (nSPS) is 15.8. The van der Waals surface area contributed by atoms with Crippen LogP contribution in [0, 0.1) is 6.92 Å². The molecule has 28 heavy (non-hydrogen) atoms. The van der Waals surface area contributed by atoms with Crippen LogP contribution in [0.4, 0.5) is 0 Å². The SMILES string of the molecule is Cc1nn(-c2ccccc2)c2sc(C(=O)N[C@H]3CCOc4ccccc43)cc12. The predicted molar refractivity (Wildman–Crippen MR) is 110 cm³/mol. The van der Waals surface area contributed by atoms with E-state index in [0.717, 1.165) is 39.3 Å². The molecule has 0 bridgehead atoms. The Balaban J connectivity index is 1.47. The summed E-state index contributed by atoms with van der Waals surface area (Å²) in [7, 11) is 0. The lowest BCUT2D eigenvalue weighted by Gasteiger charge is -2.26. The first kappa shape index (κ1) is 17.0. The molecule has 1 N–H and O–H groups in total. The maximum Gasteiger partial charge on any atom is 0.261 e. The van der Waals surface area contributed by atoms with Gasteiger partial charge in [0.05, 0.1) is 28.9 Å². The number of hydrogen-bond acceptors (Lipinski definition) is 4. The van der Waals surface area contributed by atoms with Crippen LogP contribution in [0.2, 0.25) is 0 Å². The topological polar surface area (TPSA) is 56.2 Å². The van der Waals surface area contributed by atoms with E-state index in [2.05, 4.69) is 10.4 Å². The highest BCUT2D eigenvalue weighted by atomic mass is 32.1. The number of nitrogens with zero attached hydrogens (tertiary/aromatic N) is 2. The number of carbonyl (C=O) groups is 1. The summed E-state index contributed by atoms with van der Waals surface area (Å²) in [5.41, 5.74) is 2.95. The Morgan fingerprint density at radius 2 is 1.96 bits per heavy atom. The van der Waals surface area contributed by atoms with E-state index in [9.17, 15) is 4.79 Å². The Morgan fingerprint density at radius 1 is 1.18 bits per heavy atom. The van der Waals surface area contributed by atoms with E-state index in [0.29, 0.717) is 11.5 Å². The molecule has 0 saturated heterocycles. The molecule has 1 aliphatic heterocycles. The van der Waals surface area contributed by atoms with Gasteiger partial charge in [0.2, 0.25) is 0 Å². The van der Waals surface area contributed by atoms with Crippen molar-refractivity contribution < 1.29 is 9.53 Å². The minimum Gasteiger partial charge on any atom is -0.493 e. The van der Waals surface area contributed by atoms with Gasteiger partial charge in [-0.2, -0.15) is 5.10 Å². The number of amides is 1. The van der Waals surface area contributed by atoms with Gasteiger partial charge in [0.15, 0.2) is 0 Å². The molecule has 3 heterocycles. The summed E-state index contributed by atoms with van der Waals surface area (Å²) >= 11 is 1.47. The van der Waals surface area contributed by atoms with E-state index >= 15 is 0 Å². The van der Waals surface area contributed by atoms with Gasteiger partial charge in [-0.25, -0.2) is 4.68 Å². The molecular formula is C22H19N3O2S. The van der Waals surface area contributed by atoms with Crippen LogP contribution in [0.5, 0.6) is 5.75 Å². The van der Waals surface area contributed by atoms with Crippen molar-refractivity contribution in [2.24, 2.45) is 0 Å². The van der Waals surface area contributed by atoms with Gasteiger partial charge < -0.3 is 10.1 Å². The maximum atomic E-state index is 13.0. The van der Waals surface area contributed by atoms with Gasteiger partial charge in [0, 0.05) is 17.4 Å². The average molecular weight is 389 g/mol. The van der Waals surface area contributed by atoms with E-state index < -0.39 is 0 Å². The molecule has 0 fully saturated rings. The molecule has 0 aliphatic carbocycles. The van der Waals surface area contributed by atoms with Crippen LogP contribution in [0.3, 0.4) is 0 Å². The first-order chi connectivity index (χ1) is 13.7. The highest BCUT2D eigenvalue weighted by Crippen LogP contribution is 2.34. The number of aromatic nitrogens is 2. The maximum absolute atomic E-state index is 13.0. The second-order valence-electron chi connectivity index (χ2n) is 6.86. The third kappa shape index (κ3) is 2.86. The number of hydrogen-bond donors (Lipinski definition) is 1. The number of thiophene rings is 1. The average Bonchev–Trinajstić information content (AvgIpc) is 3.30. The Hall–Kier alpha value is -3.12. The summed E-state index contributed by atoms with van der Waals surface area (Å²) in [4.78, 5) is 14.7. The van der Waals surface area contributed by atoms with Crippen LogP contribution in [-0.4, -0.2) is 22.3 Å². The van der Waals surface area contributed by atoms with Gasteiger partial charge in [-0.3, -0.25) is 4.79 Å². The second kappa shape index (κ2) is 6.80. The molecule has 1 atom stereocenters.